The first kappa shape index (κ1) is 14.9. The van der Waals surface area contributed by atoms with Crippen molar-refractivity contribution < 1.29 is 4.39 Å². The molecule has 2 nitrogen and oxygen atoms in total. The first-order chi connectivity index (χ1) is 9.11. The molecule has 0 bridgehead atoms. The van der Waals surface area contributed by atoms with Gasteiger partial charge in [-0.05, 0) is 69.4 Å². The number of rotatable bonds is 4. The van der Waals surface area contributed by atoms with Crippen molar-refractivity contribution in [2.75, 3.05) is 19.6 Å². The minimum absolute atomic E-state index is 0.190. The Balaban J connectivity index is 1.99. The summed E-state index contributed by atoms with van der Waals surface area (Å²) >= 11 is 3.47. The highest BCUT2D eigenvalue weighted by Gasteiger charge is 2.24. The number of benzene rings is 1. The SMILES string of the molecule is CC(c1ccc(F)cc1Br)N1CCC(CCN)CC1. The normalized spacial score (nSPS) is 19.6. The van der Waals surface area contributed by atoms with Crippen molar-refractivity contribution in [1.29, 1.82) is 0 Å². The molecule has 0 amide bonds. The minimum atomic E-state index is -0.190. The fourth-order valence-electron chi connectivity index (χ4n) is 2.90. The average Bonchev–Trinajstić information content (AvgIpc) is 2.39. The summed E-state index contributed by atoms with van der Waals surface area (Å²) in [5, 5.41) is 0. The van der Waals surface area contributed by atoms with Gasteiger partial charge in [-0.15, -0.1) is 0 Å². The van der Waals surface area contributed by atoms with Crippen molar-refractivity contribution in [2.45, 2.75) is 32.2 Å². The van der Waals surface area contributed by atoms with E-state index in [9.17, 15) is 4.39 Å². The molecule has 1 atom stereocenters. The lowest BCUT2D eigenvalue weighted by Gasteiger charge is -2.36. The Morgan fingerprint density at radius 3 is 2.68 bits per heavy atom. The van der Waals surface area contributed by atoms with Crippen LogP contribution in [-0.2, 0) is 0 Å². The molecule has 0 radical (unpaired) electrons. The van der Waals surface area contributed by atoms with Gasteiger partial charge in [-0.3, -0.25) is 4.90 Å². The van der Waals surface area contributed by atoms with Crippen LogP contribution < -0.4 is 5.73 Å². The lowest BCUT2D eigenvalue weighted by Crippen LogP contribution is -2.36. The predicted molar refractivity (Wildman–Crippen MR) is 80.5 cm³/mol. The Morgan fingerprint density at radius 1 is 1.42 bits per heavy atom. The monoisotopic (exact) mass is 328 g/mol. The first-order valence-corrected chi connectivity index (χ1v) is 7.80. The largest absolute Gasteiger partial charge is 0.330 e. The zero-order chi connectivity index (χ0) is 13.8. The molecule has 2 rings (SSSR count). The van der Waals surface area contributed by atoms with Gasteiger partial charge in [0.05, 0.1) is 0 Å². The first-order valence-electron chi connectivity index (χ1n) is 7.01. The van der Waals surface area contributed by atoms with E-state index in [1.54, 1.807) is 6.07 Å². The van der Waals surface area contributed by atoms with Crippen LogP contribution in [0.2, 0.25) is 0 Å². The number of hydrogen-bond donors (Lipinski definition) is 1. The molecule has 0 spiro atoms. The van der Waals surface area contributed by atoms with Crippen LogP contribution in [0.4, 0.5) is 4.39 Å². The molecule has 0 aromatic heterocycles. The van der Waals surface area contributed by atoms with Gasteiger partial charge in [-0.25, -0.2) is 4.39 Å². The summed E-state index contributed by atoms with van der Waals surface area (Å²) in [6.45, 7) is 5.20. The summed E-state index contributed by atoms with van der Waals surface area (Å²) in [6, 6.07) is 5.30. The predicted octanol–water partition coefficient (Wildman–Crippen LogP) is 3.71. The van der Waals surface area contributed by atoms with Crippen molar-refractivity contribution in [2.24, 2.45) is 11.7 Å². The molecule has 4 heteroatoms. The van der Waals surface area contributed by atoms with Crippen LogP contribution in [-0.4, -0.2) is 24.5 Å². The van der Waals surface area contributed by atoms with Crippen LogP contribution in [0.25, 0.3) is 0 Å². The summed E-state index contributed by atoms with van der Waals surface area (Å²) in [5.74, 6) is 0.592. The topological polar surface area (TPSA) is 29.3 Å². The zero-order valence-electron chi connectivity index (χ0n) is 11.4. The third kappa shape index (κ3) is 3.77. The van der Waals surface area contributed by atoms with Gasteiger partial charge < -0.3 is 5.73 Å². The minimum Gasteiger partial charge on any atom is -0.330 e. The van der Waals surface area contributed by atoms with Gasteiger partial charge in [0, 0.05) is 10.5 Å². The van der Waals surface area contributed by atoms with Crippen molar-refractivity contribution in [3.63, 3.8) is 0 Å². The summed E-state index contributed by atoms with van der Waals surface area (Å²) in [5.41, 5.74) is 6.79. The molecule has 1 aromatic carbocycles. The van der Waals surface area contributed by atoms with Crippen molar-refractivity contribution >= 4 is 15.9 Å². The molecule has 0 aliphatic carbocycles. The van der Waals surface area contributed by atoms with Gasteiger partial charge in [0.25, 0.3) is 0 Å². The van der Waals surface area contributed by atoms with Gasteiger partial charge in [0.1, 0.15) is 5.82 Å². The molecule has 2 N–H and O–H groups in total. The Hall–Kier alpha value is -0.450. The highest BCUT2D eigenvalue weighted by Crippen LogP contribution is 2.31. The van der Waals surface area contributed by atoms with Gasteiger partial charge in [-0.1, -0.05) is 22.0 Å². The van der Waals surface area contributed by atoms with Gasteiger partial charge in [-0.2, -0.15) is 0 Å². The van der Waals surface area contributed by atoms with Crippen molar-refractivity contribution in [3.8, 4) is 0 Å². The summed E-state index contributed by atoms with van der Waals surface area (Å²) < 4.78 is 14.0. The second kappa shape index (κ2) is 6.82. The Morgan fingerprint density at radius 2 is 2.11 bits per heavy atom. The molecule has 1 unspecified atom stereocenters. The Labute approximate surface area is 123 Å². The van der Waals surface area contributed by atoms with Gasteiger partial charge in [0.2, 0.25) is 0 Å². The number of hydrogen-bond acceptors (Lipinski definition) is 2. The number of piperidine rings is 1. The standard InChI is InChI=1S/C15H22BrFN2/c1-11(14-3-2-13(17)10-15(14)16)19-8-5-12(4-7-18)6-9-19/h2-3,10-12H,4-9,18H2,1H3. The van der Waals surface area contributed by atoms with E-state index in [2.05, 4.69) is 27.8 Å². The molecule has 19 heavy (non-hydrogen) atoms. The Bertz CT molecular complexity index is 417. The lowest BCUT2D eigenvalue weighted by molar-refractivity contribution is 0.138. The van der Waals surface area contributed by atoms with Crippen LogP contribution in [0.3, 0.4) is 0 Å². The van der Waals surface area contributed by atoms with E-state index < -0.39 is 0 Å². The second-order valence-corrected chi connectivity index (χ2v) is 6.25. The highest BCUT2D eigenvalue weighted by molar-refractivity contribution is 9.10. The molecule has 1 aliphatic rings. The van der Waals surface area contributed by atoms with E-state index in [1.807, 2.05) is 6.07 Å². The van der Waals surface area contributed by atoms with E-state index in [0.717, 1.165) is 36.4 Å². The maximum Gasteiger partial charge on any atom is 0.124 e. The van der Waals surface area contributed by atoms with Gasteiger partial charge >= 0.3 is 0 Å². The molecule has 1 aromatic rings. The van der Waals surface area contributed by atoms with Crippen molar-refractivity contribution in [3.05, 3.63) is 34.1 Å². The second-order valence-electron chi connectivity index (χ2n) is 5.40. The smallest absolute Gasteiger partial charge is 0.124 e. The molecular formula is C15H22BrFN2. The maximum absolute atomic E-state index is 13.1. The summed E-state index contributed by atoms with van der Waals surface area (Å²) in [6.07, 6.45) is 3.59. The van der Waals surface area contributed by atoms with Crippen LogP contribution in [0.5, 0.6) is 0 Å². The molecule has 1 heterocycles. The zero-order valence-corrected chi connectivity index (χ0v) is 13.0. The van der Waals surface area contributed by atoms with E-state index in [-0.39, 0.29) is 5.82 Å². The Kier molecular flexibility index (Phi) is 5.37. The van der Waals surface area contributed by atoms with Crippen molar-refractivity contribution in [1.82, 2.24) is 4.90 Å². The fourth-order valence-corrected chi connectivity index (χ4v) is 3.58. The summed E-state index contributed by atoms with van der Waals surface area (Å²) in [4.78, 5) is 2.48. The van der Waals surface area contributed by atoms with E-state index in [0.29, 0.717) is 6.04 Å². The van der Waals surface area contributed by atoms with Crippen LogP contribution in [0.15, 0.2) is 22.7 Å². The number of nitrogens with two attached hydrogens (primary N) is 1. The van der Waals surface area contributed by atoms with Crippen LogP contribution in [0.1, 0.15) is 37.8 Å². The number of nitrogens with zero attached hydrogens (tertiary/aromatic N) is 1. The fraction of sp³-hybridized carbons (Fsp3) is 0.600. The van der Waals surface area contributed by atoms with E-state index in [4.69, 9.17) is 5.73 Å². The number of halogens is 2. The molecule has 1 fully saturated rings. The molecule has 1 saturated heterocycles. The molecule has 0 saturated carbocycles. The quantitative estimate of drug-likeness (QED) is 0.912. The summed E-state index contributed by atoms with van der Waals surface area (Å²) in [7, 11) is 0. The number of likely N-dealkylation sites (tertiary alicyclic amines) is 1. The average molecular weight is 329 g/mol. The highest BCUT2D eigenvalue weighted by atomic mass is 79.9. The van der Waals surface area contributed by atoms with Crippen LogP contribution >= 0.6 is 15.9 Å². The van der Waals surface area contributed by atoms with E-state index in [1.165, 1.54) is 24.5 Å². The van der Waals surface area contributed by atoms with Crippen LogP contribution in [0, 0.1) is 11.7 Å². The van der Waals surface area contributed by atoms with E-state index >= 15 is 0 Å². The lowest BCUT2D eigenvalue weighted by atomic mass is 9.92. The molecule has 1 aliphatic heterocycles. The third-order valence-electron chi connectivity index (χ3n) is 4.18. The molecular weight excluding hydrogens is 307 g/mol. The third-order valence-corrected chi connectivity index (χ3v) is 4.87. The maximum atomic E-state index is 13.1. The van der Waals surface area contributed by atoms with Gasteiger partial charge in [0.15, 0.2) is 0 Å². The molecule has 106 valence electrons.